The normalized spacial score (nSPS) is 11.6. The Hall–Kier alpha value is -1.73. The van der Waals surface area contributed by atoms with Crippen molar-refractivity contribution in [2.24, 2.45) is 5.73 Å². The summed E-state index contributed by atoms with van der Waals surface area (Å²) in [5, 5.41) is 12.2. The van der Waals surface area contributed by atoms with E-state index < -0.39 is 0 Å². The number of hydrogen-bond acceptors (Lipinski definition) is 4. The lowest BCUT2D eigenvalue weighted by molar-refractivity contribution is 0.415. The fourth-order valence-corrected chi connectivity index (χ4v) is 1.41. The highest BCUT2D eigenvalue weighted by atomic mass is 16.5. The molecular formula is C12H17N3O. The second-order valence-corrected chi connectivity index (χ2v) is 3.51. The van der Waals surface area contributed by atoms with Gasteiger partial charge in [-0.1, -0.05) is 6.92 Å². The van der Waals surface area contributed by atoms with E-state index in [4.69, 9.17) is 15.7 Å². The van der Waals surface area contributed by atoms with Crippen LogP contribution in [0.3, 0.4) is 0 Å². The monoisotopic (exact) mass is 219 g/mol. The summed E-state index contributed by atoms with van der Waals surface area (Å²) in [4.78, 5) is 0. The van der Waals surface area contributed by atoms with Gasteiger partial charge in [0.2, 0.25) is 0 Å². The summed E-state index contributed by atoms with van der Waals surface area (Å²) in [5.74, 6) is 0.730. The third kappa shape index (κ3) is 2.88. The van der Waals surface area contributed by atoms with Crippen molar-refractivity contribution in [2.75, 3.05) is 19.0 Å². The molecule has 0 saturated heterocycles. The number of rotatable bonds is 5. The molecule has 86 valence electrons. The molecule has 0 bridgehead atoms. The minimum absolute atomic E-state index is 0.180. The zero-order valence-electron chi connectivity index (χ0n) is 9.66. The van der Waals surface area contributed by atoms with Crippen LogP contribution in [0.15, 0.2) is 18.2 Å². The van der Waals surface area contributed by atoms with Crippen LogP contribution in [0.1, 0.15) is 18.9 Å². The Balaban J connectivity index is 2.96. The number of benzene rings is 1. The molecule has 1 atom stereocenters. The number of methoxy groups -OCH3 is 1. The van der Waals surface area contributed by atoms with Crippen LogP contribution in [0.5, 0.6) is 5.75 Å². The lowest BCUT2D eigenvalue weighted by Gasteiger charge is -2.17. The maximum absolute atomic E-state index is 8.98. The Morgan fingerprint density at radius 3 is 2.81 bits per heavy atom. The average Bonchev–Trinajstić information content (AvgIpc) is 2.35. The van der Waals surface area contributed by atoms with Crippen molar-refractivity contribution in [3.8, 4) is 11.8 Å². The van der Waals surface area contributed by atoms with Gasteiger partial charge in [-0.3, -0.25) is 0 Å². The van der Waals surface area contributed by atoms with Crippen LogP contribution in [0.25, 0.3) is 0 Å². The number of nitrogens with one attached hydrogen (secondary N) is 1. The van der Waals surface area contributed by atoms with Crippen LogP contribution in [-0.4, -0.2) is 19.7 Å². The zero-order chi connectivity index (χ0) is 12.0. The van der Waals surface area contributed by atoms with Crippen molar-refractivity contribution >= 4 is 5.69 Å². The number of nitrogens with zero attached hydrogens (tertiary/aromatic N) is 1. The van der Waals surface area contributed by atoms with Crippen molar-refractivity contribution in [2.45, 2.75) is 19.4 Å². The molecule has 0 spiro atoms. The Labute approximate surface area is 96.0 Å². The van der Waals surface area contributed by atoms with E-state index in [9.17, 15) is 0 Å². The summed E-state index contributed by atoms with van der Waals surface area (Å²) < 4.78 is 5.12. The second-order valence-electron chi connectivity index (χ2n) is 3.51. The molecule has 1 unspecified atom stereocenters. The molecule has 3 N–H and O–H groups in total. The molecule has 4 nitrogen and oxygen atoms in total. The summed E-state index contributed by atoms with van der Waals surface area (Å²) in [6.45, 7) is 2.59. The molecule has 0 fully saturated rings. The van der Waals surface area contributed by atoms with Gasteiger partial charge in [0.1, 0.15) is 11.8 Å². The first-order valence-electron chi connectivity index (χ1n) is 5.29. The minimum atomic E-state index is 0.180. The molecular weight excluding hydrogens is 202 g/mol. The SMILES string of the molecule is CCC(CN)Nc1cc(OC)ccc1C#N. The van der Waals surface area contributed by atoms with Crippen LogP contribution in [0, 0.1) is 11.3 Å². The smallest absolute Gasteiger partial charge is 0.121 e. The third-order valence-corrected chi connectivity index (χ3v) is 2.48. The van der Waals surface area contributed by atoms with E-state index >= 15 is 0 Å². The van der Waals surface area contributed by atoms with Crippen molar-refractivity contribution in [1.82, 2.24) is 0 Å². The molecule has 0 saturated carbocycles. The van der Waals surface area contributed by atoms with Crippen LogP contribution in [-0.2, 0) is 0 Å². The second kappa shape index (κ2) is 5.99. The van der Waals surface area contributed by atoms with Gasteiger partial charge < -0.3 is 15.8 Å². The highest BCUT2D eigenvalue weighted by Crippen LogP contribution is 2.22. The van der Waals surface area contributed by atoms with Crippen LogP contribution in [0.4, 0.5) is 5.69 Å². The molecule has 0 aliphatic carbocycles. The van der Waals surface area contributed by atoms with Gasteiger partial charge in [0.25, 0.3) is 0 Å². The van der Waals surface area contributed by atoms with Gasteiger partial charge in [-0.05, 0) is 18.6 Å². The van der Waals surface area contributed by atoms with Gasteiger partial charge in [0.15, 0.2) is 0 Å². The van der Waals surface area contributed by atoms with Gasteiger partial charge in [-0.25, -0.2) is 0 Å². The Kier molecular flexibility index (Phi) is 4.62. The first kappa shape index (κ1) is 12.3. The van der Waals surface area contributed by atoms with Gasteiger partial charge in [0.05, 0.1) is 18.4 Å². The molecule has 4 heteroatoms. The highest BCUT2D eigenvalue weighted by molar-refractivity contribution is 5.60. The minimum Gasteiger partial charge on any atom is -0.497 e. The van der Waals surface area contributed by atoms with Gasteiger partial charge in [-0.2, -0.15) is 5.26 Å². The zero-order valence-corrected chi connectivity index (χ0v) is 9.66. The lowest BCUT2D eigenvalue weighted by Crippen LogP contribution is -2.28. The number of hydrogen-bond donors (Lipinski definition) is 2. The first-order chi connectivity index (χ1) is 7.74. The fraction of sp³-hybridized carbons (Fsp3) is 0.417. The van der Waals surface area contributed by atoms with E-state index in [0.29, 0.717) is 12.1 Å². The van der Waals surface area contributed by atoms with Gasteiger partial charge in [-0.15, -0.1) is 0 Å². The van der Waals surface area contributed by atoms with Gasteiger partial charge >= 0.3 is 0 Å². The molecule has 0 amide bonds. The molecule has 0 radical (unpaired) electrons. The maximum atomic E-state index is 8.98. The Morgan fingerprint density at radius 2 is 2.31 bits per heavy atom. The number of ether oxygens (including phenoxy) is 1. The van der Waals surface area contributed by atoms with Crippen LogP contribution < -0.4 is 15.8 Å². The standard InChI is InChI=1S/C12H17N3O/c1-3-10(8-14)15-12-6-11(16-2)5-4-9(12)7-13/h4-6,10,15H,3,8,14H2,1-2H3. The van der Waals surface area contributed by atoms with Crippen molar-refractivity contribution < 1.29 is 4.74 Å². The van der Waals surface area contributed by atoms with Crippen LogP contribution >= 0.6 is 0 Å². The van der Waals surface area contributed by atoms with E-state index in [0.717, 1.165) is 17.9 Å². The topological polar surface area (TPSA) is 71.1 Å². The summed E-state index contributed by atoms with van der Waals surface area (Å²) in [7, 11) is 1.60. The number of nitriles is 1. The van der Waals surface area contributed by atoms with E-state index in [1.165, 1.54) is 0 Å². The molecule has 0 aromatic heterocycles. The summed E-state index contributed by atoms with van der Waals surface area (Å²) in [6, 6.07) is 7.65. The molecule has 1 aromatic rings. The van der Waals surface area contributed by atoms with Gasteiger partial charge in [0, 0.05) is 18.7 Å². The summed E-state index contributed by atoms with van der Waals surface area (Å²) in [6.07, 6.45) is 0.915. The molecule has 0 heterocycles. The predicted molar refractivity (Wildman–Crippen MR) is 64.5 cm³/mol. The van der Waals surface area contributed by atoms with E-state index in [1.807, 2.05) is 6.07 Å². The predicted octanol–water partition coefficient (Wildman–Crippen LogP) is 1.72. The molecule has 16 heavy (non-hydrogen) atoms. The molecule has 1 rings (SSSR count). The average molecular weight is 219 g/mol. The van der Waals surface area contributed by atoms with Crippen molar-refractivity contribution in [1.29, 1.82) is 5.26 Å². The van der Waals surface area contributed by atoms with E-state index in [-0.39, 0.29) is 6.04 Å². The quantitative estimate of drug-likeness (QED) is 0.791. The Bertz CT molecular complexity index is 380. The molecule has 0 aliphatic rings. The highest BCUT2D eigenvalue weighted by Gasteiger charge is 2.08. The summed E-state index contributed by atoms with van der Waals surface area (Å²) in [5.41, 5.74) is 7.00. The third-order valence-electron chi connectivity index (χ3n) is 2.48. The van der Waals surface area contributed by atoms with Crippen molar-refractivity contribution in [3.63, 3.8) is 0 Å². The van der Waals surface area contributed by atoms with Crippen LogP contribution in [0.2, 0.25) is 0 Å². The van der Waals surface area contributed by atoms with E-state index in [1.54, 1.807) is 19.2 Å². The summed E-state index contributed by atoms with van der Waals surface area (Å²) >= 11 is 0. The van der Waals surface area contributed by atoms with E-state index in [2.05, 4.69) is 18.3 Å². The molecule has 1 aromatic carbocycles. The largest absolute Gasteiger partial charge is 0.497 e. The fourth-order valence-electron chi connectivity index (χ4n) is 1.41. The number of anilines is 1. The Morgan fingerprint density at radius 1 is 1.56 bits per heavy atom. The lowest BCUT2D eigenvalue weighted by atomic mass is 10.1. The van der Waals surface area contributed by atoms with Crippen molar-refractivity contribution in [3.05, 3.63) is 23.8 Å². The first-order valence-corrected chi connectivity index (χ1v) is 5.29. The molecule has 0 aliphatic heterocycles. The maximum Gasteiger partial charge on any atom is 0.121 e. The number of nitrogens with two attached hydrogens (primary N) is 1.